The molecule has 1 heterocycles. The van der Waals surface area contributed by atoms with Crippen LogP contribution in [0.2, 0.25) is 0 Å². The van der Waals surface area contributed by atoms with Gasteiger partial charge in [-0.3, -0.25) is 14.4 Å². The minimum absolute atomic E-state index is 0.00852. The predicted octanol–water partition coefficient (Wildman–Crippen LogP) is -1.33. The molecule has 0 spiro atoms. The van der Waals surface area contributed by atoms with E-state index in [0.29, 0.717) is 13.0 Å². The zero-order valence-electron chi connectivity index (χ0n) is 14.6. The second-order valence-electron chi connectivity index (χ2n) is 5.23. The highest BCUT2D eigenvalue weighted by Crippen LogP contribution is 2.16. The highest BCUT2D eigenvalue weighted by atomic mass is 32.2. The lowest BCUT2D eigenvalue weighted by atomic mass is 10.2. The molecule has 0 aromatic carbocycles. The Morgan fingerprint density at radius 1 is 1.27 bits per heavy atom. The summed E-state index contributed by atoms with van der Waals surface area (Å²) in [5.41, 5.74) is 5.13. The van der Waals surface area contributed by atoms with Gasteiger partial charge < -0.3 is 31.5 Å². The van der Waals surface area contributed by atoms with E-state index in [2.05, 4.69) is 10.6 Å². The first kappa shape index (κ1) is 23.7. The number of nitrogens with two attached hydrogens (primary N) is 1. The van der Waals surface area contributed by atoms with Gasteiger partial charge in [0.15, 0.2) is 0 Å². The van der Waals surface area contributed by atoms with Gasteiger partial charge in [-0.15, -0.1) is 0 Å². The smallest absolute Gasteiger partial charge is 0.327 e. The van der Waals surface area contributed by atoms with Crippen molar-refractivity contribution in [3.8, 4) is 0 Å². The minimum Gasteiger partial charge on any atom is -0.480 e. The van der Waals surface area contributed by atoms with Crippen molar-refractivity contribution in [1.29, 1.82) is 0 Å². The van der Waals surface area contributed by atoms with E-state index in [1.54, 1.807) is 0 Å². The molecule has 0 aromatic heterocycles. The molecule has 0 radical (unpaired) electrons. The van der Waals surface area contributed by atoms with Gasteiger partial charge in [-0.1, -0.05) is 11.8 Å². The molecule has 1 aliphatic rings. The quantitative estimate of drug-likeness (QED) is 0.366. The normalized spacial score (nSPS) is 16.7. The minimum atomic E-state index is -1.16. The highest BCUT2D eigenvalue weighted by molar-refractivity contribution is 8.13. The number of hydrogen-bond donors (Lipinski definition) is 5. The SMILES string of the molecule is CNC(=O)SCC(NC(C)=O)C(=O)O.NCC(=O)N1CCC[C@H]1C(=O)O. The summed E-state index contributed by atoms with van der Waals surface area (Å²) in [7, 11) is 1.45. The molecule has 1 aliphatic heterocycles. The lowest BCUT2D eigenvalue weighted by Crippen LogP contribution is -2.43. The van der Waals surface area contributed by atoms with Gasteiger partial charge in [0.05, 0.1) is 6.54 Å². The monoisotopic (exact) mass is 392 g/mol. The molecule has 2 atom stereocenters. The van der Waals surface area contributed by atoms with Crippen LogP contribution < -0.4 is 16.4 Å². The summed E-state index contributed by atoms with van der Waals surface area (Å²) in [4.78, 5) is 54.9. The number of nitrogens with zero attached hydrogens (tertiary/aromatic N) is 1. The Morgan fingerprint density at radius 3 is 2.31 bits per heavy atom. The molecule has 0 bridgehead atoms. The second kappa shape index (κ2) is 12.1. The van der Waals surface area contributed by atoms with Gasteiger partial charge >= 0.3 is 11.9 Å². The molecule has 1 saturated heterocycles. The van der Waals surface area contributed by atoms with Gasteiger partial charge in [0, 0.05) is 26.3 Å². The van der Waals surface area contributed by atoms with Crippen LogP contribution in [0.25, 0.3) is 0 Å². The highest BCUT2D eigenvalue weighted by Gasteiger charge is 2.32. The number of carboxylic acid groups (broad SMARTS) is 2. The van der Waals surface area contributed by atoms with Crippen LogP contribution in [0.5, 0.6) is 0 Å². The Bertz CT molecular complexity index is 543. The molecule has 148 valence electrons. The van der Waals surface area contributed by atoms with Crippen LogP contribution in [0, 0.1) is 0 Å². The second-order valence-corrected chi connectivity index (χ2v) is 6.22. The first-order valence-electron chi connectivity index (χ1n) is 7.70. The number of carbonyl (C=O) groups excluding carboxylic acids is 3. The van der Waals surface area contributed by atoms with Crippen LogP contribution in [0.15, 0.2) is 0 Å². The van der Waals surface area contributed by atoms with Crippen LogP contribution in [-0.4, -0.2) is 82.1 Å². The molecule has 3 amide bonds. The molecule has 1 rings (SSSR count). The number of thioether (sulfide) groups is 1. The first-order valence-corrected chi connectivity index (χ1v) is 8.69. The fraction of sp³-hybridized carbons (Fsp3) is 0.643. The number of amides is 3. The largest absolute Gasteiger partial charge is 0.480 e. The average molecular weight is 392 g/mol. The van der Waals surface area contributed by atoms with Crippen molar-refractivity contribution < 1.29 is 34.2 Å². The zero-order valence-corrected chi connectivity index (χ0v) is 15.4. The molecule has 0 saturated carbocycles. The summed E-state index contributed by atoms with van der Waals surface area (Å²) >= 11 is 0.809. The third-order valence-corrected chi connectivity index (χ3v) is 4.26. The van der Waals surface area contributed by atoms with E-state index in [4.69, 9.17) is 15.9 Å². The Balaban J connectivity index is 0.000000485. The molecule has 0 aromatic rings. The molecule has 6 N–H and O–H groups in total. The first-order chi connectivity index (χ1) is 12.1. The molecule has 0 aliphatic carbocycles. The molecule has 1 unspecified atom stereocenters. The standard InChI is InChI=1S/C7H12N2O4S.C7H12N2O3/c1-4(10)9-5(6(11)12)3-14-7(13)8-2;8-4-6(10)9-3-1-2-5(9)7(11)12/h5H,3H2,1-2H3,(H,8,13)(H,9,10)(H,11,12);5H,1-4,8H2,(H,11,12)/t;5-/m.0/s1. The number of rotatable bonds is 6. The topological polar surface area (TPSA) is 179 Å². The number of likely N-dealkylation sites (tertiary alicyclic amines) is 1. The maximum Gasteiger partial charge on any atom is 0.327 e. The van der Waals surface area contributed by atoms with Crippen molar-refractivity contribution in [2.24, 2.45) is 5.73 Å². The van der Waals surface area contributed by atoms with Crippen molar-refractivity contribution in [2.45, 2.75) is 31.8 Å². The van der Waals surface area contributed by atoms with E-state index in [0.717, 1.165) is 18.2 Å². The van der Waals surface area contributed by atoms with Crippen molar-refractivity contribution in [1.82, 2.24) is 15.5 Å². The summed E-state index contributed by atoms with van der Waals surface area (Å²) in [6.07, 6.45) is 1.30. The predicted molar refractivity (Wildman–Crippen MR) is 93.6 cm³/mol. The van der Waals surface area contributed by atoms with Crippen LogP contribution in [-0.2, 0) is 19.2 Å². The zero-order chi connectivity index (χ0) is 20.3. The number of carboxylic acids is 2. The number of carbonyl (C=O) groups is 5. The molecule has 12 heteroatoms. The third kappa shape index (κ3) is 8.67. The lowest BCUT2D eigenvalue weighted by molar-refractivity contribution is -0.147. The van der Waals surface area contributed by atoms with E-state index in [-0.39, 0.29) is 23.4 Å². The number of nitrogens with one attached hydrogen (secondary N) is 2. The van der Waals surface area contributed by atoms with Crippen molar-refractivity contribution in [3.05, 3.63) is 0 Å². The average Bonchev–Trinajstić information content (AvgIpc) is 3.07. The van der Waals surface area contributed by atoms with Crippen molar-refractivity contribution in [2.75, 3.05) is 25.9 Å². The van der Waals surface area contributed by atoms with Gasteiger partial charge in [0.2, 0.25) is 11.8 Å². The Kier molecular flexibility index (Phi) is 11.0. The summed E-state index contributed by atoms with van der Waals surface area (Å²) in [5, 5.41) is 21.6. The van der Waals surface area contributed by atoms with Gasteiger partial charge in [-0.25, -0.2) is 9.59 Å². The summed E-state index contributed by atoms with van der Waals surface area (Å²) in [6, 6.07) is -1.68. The van der Waals surface area contributed by atoms with Crippen molar-refractivity contribution in [3.63, 3.8) is 0 Å². The summed E-state index contributed by atoms with van der Waals surface area (Å²) in [6.45, 7) is 1.64. The molecular formula is C14H24N4O7S. The Hall–Kier alpha value is -2.34. The number of aliphatic carboxylic acids is 2. The van der Waals surface area contributed by atoms with Gasteiger partial charge in [0.1, 0.15) is 12.1 Å². The third-order valence-electron chi connectivity index (χ3n) is 3.29. The Labute approximate surface area is 154 Å². The van der Waals surface area contributed by atoms with Gasteiger partial charge in [0.25, 0.3) is 5.24 Å². The maximum absolute atomic E-state index is 11.1. The lowest BCUT2D eigenvalue weighted by Gasteiger charge is -2.20. The molecule has 1 fully saturated rings. The number of hydrogen-bond acceptors (Lipinski definition) is 7. The van der Waals surface area contributed by atoms with Crippen LogP contribution >= 0.6 is 11.8 Å². The fourth-order valence-corrected chi connectivity index (χ4v) is 2.78. The van der Waals surface area contributed by atoms with Crippen LogP contribution in [0.1, 0.15) is 19.8 Å². The molecule has 11 nitrogen and oxygen atoms in total. The van der Waals surface area contributed by atoms with Crippen molar-refractivity contribution >= 4 is 40.8 Å². The fourth-order valence-electron chi connectivity index (χ4n) is 2.09. The summed E-state index contributed by atoms with van der Waals surface area (Å²) < 4.78 is 0. The van der Waals surface area contributed by atoms with E-state index < -0.39 is 29.9 Å². The van der Waals surface area contributed by atoms with E-state index in [9.17, 15) is 24.0 Å². The van der Waals surface area contributed by atoms with Gasteiger partial charge in [-0.2, -0.15) is 0 Å². The van der Waals surface area contributed by atoms with Crippen LogP contribution in [0.4, 0.5) is 4.79 Å². The Morgan fingerprint density at radius 2 is 1.88 bits per heavy atom. The van der Waals surface area contributed by atoms with Crippen LogP contribution in [0.3, 0.4) is 0 Å². The molecule has 26 heavy (non-hydrogen) atoms. The van der Waals surface area contributed by atoms with E-state index in [1.807, 2.05) is 0 Å². The van der Waals surface area contributed by atoms with E-state index >= 15 is 0 Å². The van der Waals surface area contributed by atoms with E-state index in [1.165, 1.54) is 18.9 Å². The van der Waals surface area contributed by atoms with Gasteiger partial charge in [-0.05, 0) is 12.8 Å². The summed E-state index contributed by atoms with van der Waals surface area (Å²) in [5.74, 6) is -2.80. The maximum atomic E-state index is 11.1. The molecular weight excluding hydrogens is 368 g/mol.